The molecule has 0 bridgehead atoms. The molecule has 0 aromatic heterocycles. The van der Waals surface area contributed by atoms with E-state index in [4.69, 9.17) is 10.2 Å². The molecule has 0 saturated heterocycles. The van der Waals surface area contributed by atoms with Crippen molar-refractivity contribution in [2.45, 2.75) is 18.9 Å². The van der Waals surface area contributed by atoms with Gasteiger partial charge in [0.15, 0.2) is 0 Å². The van der Waals surface area contributed by atoms with Crippen LogP contribution in [0.3, 0.4) is 0 Å². The van der Waals surface area contributed by atoms with E-state index in [-0.39, 0.29) is 12.8 Å². The Labute approximate surface area is 161 Å². The summed E-state index contributed by atoms with van der Waals surface area (Å²) in [5.41, 5.74) is 0.383. The number of amides is 1. The molecule has 0 fully saturated rings. The van der Waals surface area contributed by atoms with Gasteiger partial charge in [-0.15, -0.1) is 0 Å². The summed E-state index contributed by atoms with van der Waals surface area (Å²) in [7, 11) is 0. The summed E-state index contributed by atoms with van der Waals surface area (Å²) >= 11 is 6.19. The van der Waals surface area contributed by atoms with E-state index in [0.717, 1.165) is 10.7 Å². The van der Waals surface area contributed by atoms with Crippen LogP contribution in [0.25, 0.3) is 0 Å². The molecule has 3 N–H and O–H groups in total. The van der Waals surface area contributed by atoms with E-state index in [2.05, 4.69) is 50.5 Å². The number of carboxylic acid groups (broad SMARTS) is 2. The molecule has 0 aliphatic heterocycles. The number of rotatable bonds is 6. The summed E-state index contributed by atoms with van der Waals surface area (Å²) < 4.78 is 2.48. The summed E-state index contributed by atoms with van der Waals surface area (Å²) in [5, 5.41) is 20.0. The highest BCUT2D eigenvalue weighted by Gasteiger charge is 2.23. The van der Waals surface area contributed by atoms with Gasteiger partial charge in [-0.05, 0) is 86.3 Å². The number of hydrogen-bond donors (Lipinski definition) is 3. The van der Waals surface area contributed by atoms with E-state index < -0.39 is 23.9 Å². The zero-order chi connectivity index (χ0) is 16.2. The average molecular weight is 629 g/mol. The maximum Gasteiger partial charge on any atom is 0.326 e. The number of carbonyl (C=O) groups excluding carboxylic acids is 1. The summed E-state index contributed by atoms with van der Waals surface area (Å²) in [6, 6.07) is 2.34. The maximum absolute atomic E-state index is 12.2. The Morgan fingerprint density at radius 2 is 1.76 bits per heavy atom. The molecule has 6 nitrogen and oxygen atoms in total. The lowest BCUT2D eigenvalue weighted by atomic mass is 10.1. The second-order valence-electron chi connectivity index (χ2n) is 4.05. The van der Waals surface area contributed by atoms with Gasteiger partial charge in [0.05, 0.1) is 5.56 Å². The minimum Gasteiger partial charge on any atom is -0.481 e. The highest BCUT2D eigenvalue weighted by molar-refractivity contribution is 14.1. The number of carboxylic acids is 2. The standard InChI is InChI=1S/C12H10I3NO5/c13-5-3-6(10(15)7(14)4-5)11(19)16-8(12(20)21)1-2-9(17)18/h3-4,8H,1-2H2,(H,16,19)(H,17,18)(H,20,21). The first-order chi connectivity index (χ1) is 9.72. The van der Waals surface area contributed by atoms with Gasteiger partial charge < -0.3 is 15.5 Å². The molecule has 9 heteroatoms. The number of carbonyl (C=O) groups is 3. The van der Waals surface area contributed by atoms with Crippen LogP contribution in [0.4, 0.5) is 0 Å². The van der Waals surface area contributed by atoms with Crippen molar-refractivity contribution in [1.82, 2.24) is 5.32 Å². The Bertz CT molecular complexity index is 591. The first-order valence-corrected chi connectivity index (χ1v) is 8.86. The first kappa shape index (κ1) is 18.9. The molecule has 0 heterocycles. The quantitative estimate of drug-likeness (QED) is 0.332. The van der Waals surface area contributed by atoms with E-state index in [9.17, 15) is 14.4 Å². The number of benzene rings is 1. The lowest BCUT2D eigenvalue weighted by molar-refractivity contribution is -0.140. The summed E-state index contributed by atoms with van der Waals surface area (Å²) in [6.45, 7) is 0. The van der Waals surface area contributed by atoms with Crippen molar-refractivity contribution in [2.75, 3.05) is 0 Å². The Kier molecular flexibility index (Phi) is 7.59. The molecule has 21 heavy (non-hydrogen) atoms. The molecule has 0 radical (unpaired) electrons. The predicted molar refractivity (Wildman–Crippen MR) is 100 cm³/mol. The van der Waals surface area contributed by atoms with Gasteiger partial charge in [-0.3, -0.25) is 9.59 Å². The van der Waals surface area contributed by atoms with Gasteiger partial charge in [-0.1, -0.05) is 0 Å². The van der Waals surface area contributed by atoms with Gasteiger partial charge in [0.1, 0.15) is 6.04 Å². The van der Waals surface area contributed by atoms with Crippen LogP contribution in [0.1, 0.15) is 23.2 Å². The molecular weight excluding hydrogens is 619 g/mol. The van der Waals surface area contributed by atoms with Crippen LogP contribution in [0.15, 0.2) is 12.1 Å². The third-order valence-corrected chi connectivity index (χ3v) is 6.16. The second kappa shape index (κ2) is 8.45. The van der Waals surface area contributed by atoms with Gasteiger partial charge in [0.25, 0.3) is 5.91 Å². The Balaban J connectivity index is 2.92. The average Bonchev–Trinajstić information content (AvgIpc) is 2.37. The molecule has 0 saturated carbocycles. The smallest absolute Gasteiger partial charge is 0.326 e. The lowest BCUT2D eigenvalue weighted by Crippen LogP contribution is -2.41. The predicted octanol–water partition coefficient (Wildman–Crippen LogP) is 2.55. The zero-order valence-electron chi connectivity index (χ0n) is 10.4. The molecule has 1 aromatic rings. The number of halogens is 3. The van der Waals surface area contributed by atoms with Crippen LogP contribution in [0.2, 0.25) is 0 Å². The summed E-state index contributed by atoms with van der Waals surface area (Å²) in [5.74, 6) is -2.87. The van der Waals surface area contributed by atoms with Crippen molar-refractivity contribution in [2.24, 2.45) is 0 Å². The van der Waals surface area contributed by atoms with E-state index >= 15 is 0 Å². The fraction of sp³-hybridized carbons (Fsp3) is 0.250. The summed E-state index contributed by atoms with van der Waals surface area (Å²) in [4.78, 5) is 33.8. The lowest BCUT2D eigenvalue weighted by Gasteiger charge is -2.15. The van der Waals surface area contributed by atoms with Crippen molar-refractivity contribution in [3.8, 4) is 0 Å². The molecule has 114 valence electrons. The van der Waals surface area contributed by atoms with Crippen LogP contribution in [0, 0.1) is 10.7 Å². The molecule has 1 rings (SSSR count). The van der Waals surface area contributed by atoms with Crippen LogP contribution in [0.5, 0.6) is 0 Å². The molecule has 1 amide bonds. The number of hydrogen-bond acceptors (Lipinski definition) is 3. The minimum absolute atomic E-state index is 0.159. The van der Waals surface area contributed by atoms with Crippen molar-refractivity contribution in [3.05, 3.63) is 28.4 Å². The monoisotopic (exact) mass is 629 g/mol. The van der Waals surface area contributed by atoms with Crippen LogP contribution < -0.4 is 5.32 Å². The van der Waals surface area contributed by atoms with Crippen LogP contribution in [-0.2, 0) is 9.59 Å². The van der Waals surface area contributed by atoms with Crippen molar-refractivity contribution in [1.29, 1.82) is 0 Å². The SMILES string of the molecule is O=C(O)CCC(NC(=O)c1cc(I)cc(I)c1I)C(=O)O. The van der Waals surface area contributed by atoms with E-state index in [1.54, 1.807) is 6.07 Å². The molecular formula is C12H10I3NO5. The first-order valence-electron chi connectivity index (χ1n) is 5.62. The normalized spacial score (nSPS) is 11.8. The molecule has 1 aromatic carbocycles. The highest BCUT2D eigenvalue weighted by Crippen LogP contribution is 2.23. The van der Waals surface area contributed by atoms with E-state index in [1.165, 1.54) is 0 Å². The van der Waals surface area contributed by atoms with Gasteiger partial charge >= 0.3 is 11.9 Å². The number of aliphatic carboxylic acids is 2. The minimum atomic E-state index is -1.25. The van der Waals surface area contributed by atoms with Crippen molar-refractivity contribution >= 4 is 85.6 Å². The van der Waals surface area contributed by atoms with Crippen molar-refractivity contribution < 1.29 is 24.6 Å². The van der Waals surface area contributed by atoms with Gasteiger partial charge in [0.2, 0.25) is 0 Å². The molecule has 0 aliphatic rings. The fourth-order valence-corrected chi connectivity index (χ4v) is 3.88. The molecule has 0 spiro atoms. The topological polar surface area (TPSA) is 104 Å². The fourth-order valence-electron chi connectivity index (χ4n) is 1.48. The van der Waals surface area contributed by atoms with Gasteiger partial charge in [0, 0.05) is 17.1 Å². The van der Waals surface area contributed by atoms with Gasteiger partial charge in [-0.2, -0.15) is 0 Å². The van der Waals surface area contributed by atoms with E-state index in [0.29, 0.717) is 5.56 Å². The molecule has 0 aliphatic carbocycles. The second-order valence-corrected chi connectivity index (χ2v) is 7.53. The van der Waals surface area contributed by atoms with E-state index in [1.807, 2.05) is 28.7 Å². The largest absolute Gasteiger partial charge is 0.481 e. The zero-order valence-corrected chi connectivity index (χ0v) is 16.9. The van der Waals surface area contributed by atoms with Crippen LogP contribution >= 0.6 is 67.8 Å². The Morgan fingerprint density at radius 1 is 1.14 bits per heavy atom. The third kappa shape index (κ3) is 5.84. The third-order valence-electron chi connectivity index (χ3n) is 2.49. The number of nitrogens with one attached hydrogen (secondary N) is 1. The maximum atomic E-state index is 12.2. The van der Waals surface area contributed by atoms with Gasteiger partial charge in [-0.25, -0.2) is 4.79 Å². The Morgan fingerprint density at radius 3 is 2.29 bits per heavy atom. The van der Waals surface area contributed by atoms with Crippen LogP contribution in [-0.4, -0.2) is 34.1 Å². The summed E-state index contributed by atoms with van der Waals surface area (Å²) in [6.07, 6.45) is -0.480. The molecule has 1 unspecified atom stereocenters. The Hall–Kier alpha value is -0.180. The highest BCUT2D eigenvalue weighted by atomic mass is 127. The van der Waals surface area contributed by atoms with Crippen molar-refractivity contribution in [3.63, 3.8) is 0 Å². The molecule has 1 atom stereocenters.